The van der Waals surface area contributed by atoms with E-state index in [2.05, 4.69) is 0 Å². The van der Waals surface area contributed by atoms with Gasteiger partial charge in [0.25, 0.3) is 0 Å². The molecule has 0 bridgehead atoms. The molecule has 1 aliphatic carbocycles. The van der Waals surface area contributed by atoms with Gasteiger partial charge < -0.3 is 24.8 Å². The number of hydrogen-bond donors (Lipinski definition) is 3. The molecule has 4 rings (SSSR count). The Bertz CT molecular complexity index is 1070. The molecule has 2 aliphatic rings. The average molecular weight is 384 g/mol. The number of phenolic OH excluding ortho intramolecular Hbond substituents is 2. The number of carbonyl (C=O) groups is 3. The number of cyclic esters (lactones) is 1. The van der Waals surface area contributed by atoms with Crippen LogP contribution in [0.15, 0.2) is 24.3 Å². The Morgan fingerprint density at radius 1 is 1.11 bits per heavy atom. The van der Waals surface area contributed by atoms with Gasteiger partial charge in [-0.15, -0.1) is 0 Å². The van der Waals surface area contributed by atoms with Crippen LogP contribution < -0.4 is 4.74 Å². The molecule has 0 spiro atoms. The normalized spacial score (nSPS) is 23.2. The monoisotopic (exact) mass is 384 g/mol. The van der Waals surface area contributed by atoms with E-state index in [0.717, 1.165) is 0 Å². The van der Waals surface area contributed by atoms with Crippen LogP contribution in [0.5, 0.6) is 17.2 Å². The van der Waals surface area contributed by atoms with Gasteiger partial charge in [0.1, 0.15) is 22.8 Å². The number of carbonyl (C=O) groups excluding carboxylic acids is 3. The van der Waals surface area contributed by atoms with Crippen molar-refractivity contribution in [3.05, 3.63) is 52.1 Å². The van der Waals surface area contributed by atoms with Crippen molar-refractivity contribution in [3.8, 4) is 17.2 Å². The molecule has 0 unspecified atom stereocenters. The quantitative estimate of drug-likeness (QED) is 0.568. The highest BCUT2D eigenvalue weighted by Gasteiger charge is 2.49. The first-order chi connectivity index (χ1) is 13.2. The summed E-state index contributed by atoms with van der Waals surface area (Å²) in [6, 6.07) is 5.31. The number of aliphatic hydroxyl groups is 1. The van der Waals surface area contributed by atoms with E-state index in [1.54, 1.807) is 0 Å². The molecule has 1 saturated heterocycles. The highest BCUT2D eigenvalue weighted by molar-refractivity contribution is 6.30. The zero-order valence-electron chi connectivity index (χ0n) is 15.0. The molecule has 0 saturated carbocycles. The Kier molecular flexibility index (Phi) is 3.73. The molecule has 8 nitrogen and oxygen atoms in total. The number of aromatic hydroxyl groups is 2. The Morgan fingerprint density at radius 3 is 2.39 bits per heavy atom. The third kappa shape index (κ3) is 2.31. The summed E-state index contributed by atoms with van der Waals surface area (Å²) in [5.41, 5.74) is -2.40. The van der Waals surface area contributed by atoms with E-state index in [0.29, 0.717) is 0 Å². The van der Waals surface area contributed by atoms with Crippen LogP contribution in [0.3, 0.4) is 0 Å². The highest BCUT2D eigenvalue weighted by Crippen LogP contribution is 2.49. The summed E-state index contributed by atoms with van der Waals surface area (Å²) in [5, 5.41) is 31.5. The van der Waals surface area contributed by atoms with Crippen LogP contribution in [-0.4, -0.2) is 45.6 Å². The molecular formula is C20H16O8. The fraction of sp³-hybridized carbons (Fsp3) is 0.250. The molecule has 3 N–H and O–H groups in total. The maximum Gasteiger partial charge on any atom is 0.309 e. The van der Waals surface area contributed by atoms with Gasteiger partial charge in [-0.25, -0.2) is 0 Å². The van der Waals surface area contributed by atoms with Crippen LogP contribution >= 0.6 is 0 Å². The van der Waals surface area contributed by atoms with E-state index in [-0.39, 0.29) is 45.7 Å². The van der Waals surface area contributed by atoms with E-state index in [9.17, 15) is 29.7 Å². The minimum atomic E-state index is -1.64. The Balaban J connectivity index is 2.00. The molecule has 1 heterocycles. The van der Waals surface area contributed by atoms with Crippen LogP contribution in [-0.2, 0) is 9.53 Å². The van der Waals surface area contributed by atoms with E-state index in [1.807, 2.05) is 0 Å². The smallest absolute Gasteiger partial charge is 0.309 e. The zero-order valence-corrected chi connectivity index (χ0v) is 15.0. The standard InChI is InChI=1S/C20H16O8/c1-20(26)7-12(22)28-19(20)15-11(27-2)6-9-14(18(15)25)16(23)8-4-3-5-10(21)13(8)17(9)24/h3-6,19,21,25-26H,7H2,1-2H3/t19-,20-/m0/s1. The molecule has 0 aromatic heterocycles. The first-order valence-electron chi connectivity index (χ1n) is 8.44. The summed E-state index contributed by atoms with van der Waals surface area (Å²) in [4.78, 5) is 37.6. The second-order valence-corrected chi connectivity index (χ2v) is 7.03. The second-order valence-electron chi connectivity index (χ2n) is 7.03. The van der Waals surface area contributed by atoms with Gasteiger partial charge in [-0.1, -0.05) is 12.1 Å². The maximum absolute atomic E-state index is 13.0. The van der Waals surface area contributed by atoms with Gasteiger partial charge >= 0.3 is 5.97 Å². The largest absolute Gasteiger partial charge is 0.507 e. The molecular weight excluding hydrogens is 368 g/mol. The summed E-state index contributed by atoms with van der Waals surface area (Å²) in [6.07, 6.45) is -1.59. The number of hydrogen-bond acceptors (Lipinski definition) is 8. The summed E-state index contributed by atoms with van der Waals surface area (Å²) >= 11 is 0. The summed E-state index contributed by atoms with van der Waals surface area (Å²) < 4.78 is 10.4. The fourth-order valence-corrected chi connectivity index (χ4v) is 3.78. The van der Waals surface area contributed by atoms with Crippen LogP contribution in [0, 0.1) is 0 Å². The van der Waals surface area contributed by atoms with Crippen molar-refractivity contribution in [2.75, 3.05) is 7.11 Å². The van der Waals surface area contributed by atoms with Gasteiger partial charge in [0.15, 0.2) is 17.7 Å². The van der Waals surface area contributed by atoms with Crippen molar-refractivity contribution in [2.24, 2.45) is 0 Å². The Hall–Kier alpha value is -3.39. The number of esters is 1. The molecule has 28 heavy (non-hydrogen) atoms. The van der Waals surface area contributed by atoms with Crippen LogP contribution in [0.2, 0.25) is 0 Å². The van der Waals surface area contributed by atoms with Crippen molar-refractivity contribution in [1.82, 2.24) is 0 Å². The molecule has 1 fully saturated rings. The third-order valence-corrected chi connectivity index (χ3v) is 5.09. The van der Waals surface area contributed by atoms with E-state index < -0.39 is 35.0 Å². The van der Waals surface area contributed by atoms with Gasteiger partial charge in [0.2, 0.25) is 0 Å². The number of fused-ring (bicyclic) bond motifs is 2. The predicted molar refractivity (Wildman–Crippen MR) is 93.7 cm³/mol. The number of methoxy groups -OCH3 is 1. The number of phenols is 2. The lowest BCUT2D eigenvalue weighted by atomic mass is 9.80. The minimum absolute atomic E-state index is 0.0313. The van der Waals surface area contributed by atoms with Crippen LogP contribution in [0.4, 0.5) is 0 Å². The SMILES string of the molecule is COc1cc2c(c(O)c1[C@@H]1OC(=O)C[C@]1(C)O)C(=O)c1cccc(O)c1C2=O. The van der Waals surface area contributed by atoms with E-state index in [4.69, 9.17) is 9.47 Å². The Morgan fingerprint density at radius 2 is 1.79 bits per heavy atom. The van der Waals surface area contributed by atoms with E-state index >= 15 is 0 Å². The summed E-state index contributed by atoms with van der Waals surface area (Å²) in [6.45, 7) is 1.36. The van der Waals surface area contributed by atoms with Gasteiger partial charge in [-0.2, -0.15) is 0 Å². The van der Waals surface area contributed by atoms with Gasteiger partial charge in [-0.05, 0) is 19.1 Å². The van der Waals surface area contributed by atoms with Crippen molar-refractivity contribution in [1.29, 1.82) is 0 Å². The number of rotatable bonds is 2. The van der Waals surface area contributed by atoms with Crippen molar-refractivity contribution in [3.63, 3.8) is 0 Å². The van der Waals surface area contributed by atoms with E-state index in [1.165, 1.54) is 38.3 Å². The average Bonchev–Trinajstić information content (AvgIpc) is 2.90. The summed E-state index contributed by atoms with van der Waals surface area (Å²) in [5.74, 6) is -3.00. The lowest BCUT2D eigenvalue weighted by Gasteiger charge is -2.28. The Labute approximate surface area is 158 Å². The van der Waals surface area contributed by atoms with Crippen molar-refractivity contribution >= 4 is 17.5 Å². The lowest BCUT2D eigenvalue weighted by Crippen LogP contribution is -2.29. The first kappa shape index (κ1) is 18.0. The molecule has 2 aromatic carbocycles. The topological polar surface area (TPSA) is 130 Å². The maximum atomic E-state index is 13.0. The predicted octanol–water partition coefficient (Wildman–Crippen LogP) is 1.62. The number of ether oxygens (including phenoxy) is 2. The first-order valence-corrected chi connectivity index (χ1v) is 8.44. The number of ketones is 2. The molecule has 8 heteroatoms. The fourth-order valence-electron chi connectivity index (χ4n) is 3.78. The van der Waals surface area contributed by atoms with Crippen molar-refractivity contribution in [2.45, 2.75) is 25.0 Å². The van der Waals surface area contributed by atoms with Gasteiger partial charge in [0.05, 0.1) is 30.2 Å². The van der Waals surface area contributed by atoms with Crippen LogP contribution in [0.1, 0.15) is 56.9 Å². The van der Waals surface area contributed by atoms with Crippen molar-refractivity contribution < 1.29 is 39.2 Å². The summed E-state index contributed by atoms with van der Waals surface area (Å²) in [7, 11) is 1.27. The van der Waals surface area contributed by atoms with Gasteiger partial charge in [-0.3, -0.25) is 14.4 Å². The molecule has 0 radical (unpaired) electrons. The zero-order chi connectivity index (χ0) is 20.4. The molecule has 0 amide bonds. The highest BCUT2D eigenvalue weighted by atomic mass is 16.6. The van der Waals surface area contributed by atoms with Crippen LogP contribution in [0.25, 0.3) is 0 Å². The minimum Gasteiger partial charge on any atom is -0.507 e. The number of benzene rings is 2. The lowest BCUT2D eigenvalue weighted by molar-refractivity contribution is -0.142. The van der Waals surface area contributed by atoms with Gasteiger partial charge in [0, 0.05) is 11.1 Å². The molecule has 144 valence electrons. The third-order valence-electron chi connectivity index (χ3n) is 5.09. The second kappa shape index (κ2) is 5.80. The molecule has 1 aliphatic heterocycles. The molecule has 2 atom stereocenters. The molecule has 2 aromatic rings.